The number of rotatable bonds is 8. The zero-order valence-electron chi connectivity index (χ0n) is 14.1. The molecule has 0 aliphatic rings. The molecule has 23 heavy (non-hydrogen) atoms. The van der Waals surface area contributed by atoms with Crippen molar-refractivity contribution >= 4 is 23.8 Å². The van der Waals surface area contributed by atoms with Gasteiger partial charge < -0.3 is 15.4 Å². The van der Waals surface area contributed by atoms with Gasteiger partial charge in [0.2, 0.25) is 5.91 Å². The van der Waals surface area contributed by atoms with E-state index in [1.165, 1.54) is 4.90 Å². The fourth-order valence-electron chi connectivity index (χ4n) is 1.69. The largest absolute Gasteiger partial charge is 0.444 e. The summed E-state index contributed by atoms with van der Waals surface area (Å²) >= 11 is 1.77. The van der Waals surface area contributed by atoms with E-state index < -0.39 is 11.7 Å². The summed E-state index contributed by atoms with van der Waals surface area (Å²) in [5.74, 6) is 0.895. The van der Waals surface area contributed by atoms with Crippen molar-refractivity contribution in [1.82, 2.24) is 10.6 Å². The van der Waals surface area contributed by atoms with Crippen LogP contribution in [0.15, 0.2) is 35.2 Å². The van der Waals surface area contributed by atoms with Crippen LogP contribution in [0.1, 0.15) is 33.6 Å². The zero-order chi connectivity index (χ0) is 17.1. The normalized spacial score (nSPS) is 10.9. The maximum absolute atomic E-state index is 11.6. The maximum Gasteiger partial charge on any atom is 0.407 e. The Morgan fingerprint density at radius 2 is 1.78 bits per heavy atom. The van der Waals surface area contributed by atoms with Crippen LogP contribution < -0.4 is 10.6 Å². The topological polar surface area (TPSA) is 67.4 Å². The van der Waals surface area contributed by atoms with E-state index in [0.717, 1.165) is 12.2 Å². The molecule has 0 saturated carbocycles. The molecule has 0 heterocycles. The lowest BCUT2D eigenvalue weighted by Gasteiger charge is -2.19. The lowest BCUT2D eigenvalue weighted by atomic mass is 10.2. The van der Waals surface area contributed by atoms with E-state index in [1.54, 1.807) is 32.5 Å². The SMILES string of the molecule is CC(C)(C)OC(=O)NCCC(=O)NCCCSc1ccccc1. The fraction of sp³-hybridized carbons (Fsp3) is 0.529. The van der Waals surface area contributed by atoms with Crippen LogP contribution in [0, 0.1) is 0 Å². The first-order valence-corrected chi connectivity index (χ1v) is 8.77. The summed E-state index contributed by atoms with van der Waals surface area (Å²) in [5, 5.41) is 5.41. The molecule has 0 aromatic heterocycles. The molecule has 0 spiro atoms. The Morgan fingerprint density at radius 3 is 2.43 bits per heavy atom. The smallest absolute Gasteiger partial charge is 0.407 e. The van der Waals surface area contributed by atoms with Crippen molar-refractivity contribution < 1.29 is 14.3 Å². The molecule has 0 unspecified atom stereocenters. The Hall–Kier alpha value is -1.69. The van der Waals surface area contributed by atoms with E-state index in [-0.39, 0.29) is 18.9 Å². The molecular weight excluding hydrogens is 312 g/mol. The Kier molecular flexibility index (Phi) is 8.55. The number of nitrogens with one attached hydrogen (secondary N) is 2. The molecule has 0 aliphatic heterocycles. The standard InChI is InChI=1S/C17H26N2O3S/c1-17(2,3)22-16(21)19-12-10-15(20)18-11-7-13-23-14-8-5-4-6-9-14/h4-6,8-9H,7,10-13H2,1-3H3,(H,18,20)(H,19,21). The van der Waals surface area contributed by atoms with Crippen molar-refractivity contribution in [2.45, 2.75) is 44.1 Å². The Bertz CT molecular complexity index is 486. The predicted molar refractivity (Wildman–Crippen MR) is 93.6 cm³/mol. The Labute approximate surface area is 142 Å². The number of carbonyl (C=O) groups is 2. The highest BCUT2D eigenvalue weighted by Crippen LogP contribution is 2.17. The lowest BCUT2D eigenvalue weighted by Crippen LogP contribution is -2.35. The van der Waals surface area contributed by atoms with Crippen LogP contribution in [0.25, 0.3) is 0 Å². The average molecular weight is 338 g/mol. The molecule has 1 aromatic rings. The van der Waals surface area contributed by atoms with Crippen LogP contribution in [0.5, 0.6) is 0 Å². The van der Waals surface area contributed by atoms with E-state index >= 15 is 0 Å². The second-order valence-corrected chi connectivity index (χ2v) is 7.21. The van der Waals surface area contributed by atoms with Crippen molar-refractivity contribution in [1.29, 1.82) is 0 Å². The number of hydrogen-bond acceptors (Lipinski definition) is 4. The highest BCUT2D eigenvalue weighted by Gasteiger charge is 2.15. The summed E-state index contributed by atoms with van der Waals surface area (Å²) in [7, 11) is 0. The van der Waals surface area contributed by atoms with Crippen LogP contribution >= 0.6 is 11.8 Å². The molecular formula is C17H26N2O3S. The highest BCUT2D eigenvalue weighted by molar-refractivity contribution is 7.99. The van der Waals surface area contributed by atoms with Crippen molar-refractivity contribution in [2.75, 3.05) is 18.8 Å². The Balaban J connectivity index is 2.01. The van der Waals surface area contributed by atoms with Gasteiger partial charge in [-0.2, -0.15) is 0 Å². The van der Waals surface area contributed by atoms with Crippen LogP contribution in [0.2, 0.25) is 0 Å². The van der Waals surface area contributed by atoms with Crippen molar-refractivity contribution in [3.05, 3.63) is 30.3 Å². The van der Waals surface area contributed by atoms with E-state index in [2.05, 4.69) is 22.8 Å². The molecule has 0 atom stereocenters. The van der Waals surface area contributed by atoms with Crippen LogP contribution in [-0.2, 0) is 9.53 Å². The van der Waals surface area contributed by atoms with Gasteiger partial charge in [-0.25, -0.2) is 4.79 Å². The monoisotopic (exact) mass is 338 g/mol. The van der Waals surface area contributed by atoms with Gasteiger partial charge in [0.15, 0.2) is 0 Å². The molecule has 0 aliphatic carbocycles. The van der Waals surface area contributed by atoms with Crippen LogP contribution in [0.3, 0.4) is 0 Å². The van der Waals surface area contributed by atoms with Gasteiger partial charge in [0.1, 0.15) is 5.60 Å². The van der Waals surface area contributed by atoms with Crippen LogP contribution in [0.4, 0.5) is 4.79 Å². The first-order chi connectivity index (χ1) is 10.9. The molecule has 128 valence electrons. The third-order valence-electron chi connectivity index (χ3n) is 2.68. The summed E-state index contributed by atoms with van der Waals surface area (Å²) in [4.78, 5) is 24.3. The summed E-state index contributed by atoms with van der Waals surface area (Å²) in [5.41, 5.74) is -0.525. The molecule has 6 heteroatoms. The van der Waals surface area contributed by atoms with Gasteiger partial charge >= 0.3 is 6.09 Å². The van der Waals surface area contributed by atoms with E-state index in [9.17, 15) is 9.59 Å². The van der Waals surface area contributed by atoms with Gasteiger partial charge in [0.05, 0.1) is 0 Å². The summed E-state index contributed by atoms with van der Waals surface area (Å²) in [6.07, 6.45) is 0.667. The van der Waals surface area contributed by atoms with E-state index in [0.29, 0.717) is 6.54 Å². The van der Waals surface area contributed by atoms with Crippen molar-refractivity contribution in [2.24, 2.45) is 0 Å². The van der Waals surface area contributed by atoms with Gasteiger partial charge in [0, 0.05) is 24.4 Å². The third-order valence-corrected chi connectivity index (χ3v) is 3.77. The second-order valence-electron chi connectivity index (χ2n) is 6.04. The average Bonchev–Trinajstić information content (AvgIpc) is 2.46. The van der Waals surface area contributed by atoms with Gasteiger partial charge in [0.25, 0.3) is 0 Å². The number of amides is 2. The summed E-state index contributed by atoms with van der Waals surface area (Å²) < 4.78 is 5.09. The lowest BCUT2D eigenvalue weighted by molar-refractivity contribution is -0.120. The van der Waals surface area contributed by atoms with Gasteiger partial charge in [-0.05, 0) is 45.1 Å². The second kappa shape index (κ2) is 10.2. The zero-order valence-corrected chi connectivity index (χ0v) is 14.9. The molecule has 5 nitrogen and oxygen atoms in total. The number of hydrogen-bond donors (Lipinski definition) is 2. The minimum Gasteiger partial charge on any atom is -0.444 e. The third kappa shape index (κ3) is 10.6. The quantitative estimate of drug-likeness (QED) is 0.564. The van der Waals surface area contributed by atoms with E-state index in [1.807, 2.05) is 18.2 Å². The van der Waals surface area contributed by atoms with Gasteiger partial charge in [-0.3, -0.25) is 4.79 Å². The highest BCUT2D eigenvalue weighted by atomic mass is 32.2. The molecule has 0 saturated heterocycles. The number of alkyl carbamates (subject to hydrolysis) is 1. The minimum absolute atomic E-state index is 0.0641. The molecule has 1 rings (SSSR count). The first kappa shape index (κ1) is 19.4. The first-order valence-electron chi connectivity index (χ1n) is 7.78. The number of ether oxygens (including phenoxy) is 1. The Morgan fingerprint density at radius 1 is 1.09 bits per heavy atom. The van der Waals surface area contributed by atoms with Crippen LogP contribution in [-0.4, -0.2) is 36.4 Å². The minimum atomic E-state index is -0.525. The summed E-state index contributed by atoms with van der Waals surface area (Å²) in [6, 6.07) is 10.2. The van der Waals surface area contributed by atoms with Gasteiger partial charge in [-0.15, -0.1) is 11.8 Å². The molecule has 0 bridgehead atoms. The van der Waals surface area contributed by atoms with Gasteiger partial charge in [-0.1, -0.05) is 18.2 Å². The molecule has 2 amide bonds. The number of carbonyl (C=O) groups excluding carboxylic acids is 2. The molecule has 2 N–H and O–H groups in total. The molecule has 0 radical (unpaired) electrons. The summed E-state index contributed by atoms with van der Waals surface area (Å²) in [6.45, 7) is 6.32. The van der Waals surface area contributed by atoms with Crippen molar-refractivity contribution in [3.63, 3.8) is 0 Å². The predicted octanol–water partition coefficient (Wildman–Crippen LogP) is 3.20. The molecule has 1 aromatic carbocycles. The number of thioether (sulfide) groups is 1. The maximum atomic E-state index is 11.6. The molecule has 0 fully saturated rings. The number of benzene rings is 1. The fourth-order valence-corrected chi connectivity index (χ4v) is 2.56. The van der Waals surface area contributed by atoms with E-state index in [4.69, 9.17) is 4.74 Å². The van der Waals surface area contributed by atoms with Crippen molar-refractivity contribution in [3.8, 4) is 0 Å².